The van der Waals surface area contributed by atoms with Gasteiger partial charge in [-0.05, 0) is 42.9 Å². The molecular formula is C21H35N3O6. The molecule has 0 aromatic carbocycles. The molecule has 1 aliphatic rings. The maximum absolute atomic E-state index is 12.4. The lowest BCUT2D eigenvalue weighted by Crippen LogP contribution is -2.44. The number of nitriles is 1. The molecule has 1 rings (SSSR count). The van der Waals surface area contributed by atoms with Crippen LogP contribution in [0.15, 0.2) is 0 Å². The monoisotopic (exact) mass is 425 g/mol. The van der Waals surface area contributed by atoms with Gasteiger partial charge in [0.1, 0.15) is 19.3 Å². The Balaban J connectivity index is 2.56. The van der Waals surface area contributed by atoms with Crippen molar-refractivity contribution in [2.24, 2.45) is 16.7 Å². The van der Waals surface area contributed by atoms with Crippen LogP contribution in [0, 0.1) is 28.1 Å². The van der Waals surface area contributed by atoms with E-state index in [0.29, 0.717) is 6.54 Å². The fraction of sp³-hybridized carbons (Fsp3) is 0.810. The van der Waals surface area contributed by atoms with E-state index >= 15 is 0 Å². The number of rotatable bonds is 9. The lowest BCUT2D eigenvalue weighted by Gasteiger charge is -2.46. The van der Waals surface area contributed by atoms with Gasteiger partial charge in [0.2, 0.25) is 0 Å². The summed E-state index contributed by atoms with van der Waals surface area (Å²) < 4.78 is 15.2. The molecule has 3 unspecified atom stereocenters. The smallest absolute Gasteiger partial charge is 0.407 e. The number of carbonyl (C=O) groups is 3. The molecule has 30 heavy (non-hydrogen) atoms. The molecule has 9 heteroatoms. The summed E-state index contributed by atoms with van der Waals surface area (Å²) in [6.45, 7) is 8.60. The SMILES string of the molecule is CNC(=O)OCC(C)OC(=O)CC1CC(C)(C)CC(C)(CNC(=O)OCCC#N)C1. The third-order valence-electron chi connectivity index (χ3n) is 5.08. The minimum absolute atomic E-state index is 0.00286. The van der Waals surface area contributed by atoms with Crippen molar-refractivity contribution in [3.05, 3.63) is 0 Å². The number of hydrogen-bond acceptors (Lipinski definition) is 7. The molecule has 9 nitrogen and oxygen atoms in total. The van der Waals surface area contributed by atoms with Crippen LogP contribution in [0.3, 0.4) is 0 Å². The fourth-order valence-electron chi connectivity index (χ4n) is 4.46. The molecule has 0 aromatic heterocycles. The van der Waals surface area contributed by atoms with E-state index in [-0.39, 0.29) is 48.8 Å². The second-order valence-electron chi connectivity index (χ2n) is 9.18. The molecule has 1 fully saturated rings. The zero-order chi connectivity index (χ0) is 22.8. The first-order valence-corrected chi connectivity index (χ1v) is 10.3. The van der Waals surface area contributed by atoms with E-state index < -0.39 is 18.3 Å². The van der Waals surface area contributed by atoms with Crippen molar-refractivity contribution in [2.45, 2.75) is 65.9 Å². The summed E-state index contributed by atoms with van der Waals surface area (Å²) >= 11 is 0. The molecule has 1 saturated carbocycles. The quantitative estimate of drug-likeness (QED) is 0.330. The highest BCUT2D eigenvalue weighted by Crippen LogP contribution is 2.49. The summed E-state index contributed by atoms with van der Waals surface area (Å²) in [5.41, 5.74) is -0.173. The minimum atomic E-state index is -0.568. The third-order valence-corrected chi connectivity index (χ3v) is 5.08. The first-order valence-electron chi connectivity index (χ1n) is 10.3. The molecule has 2 amide bonds. The highest BCUT2D eigenvalue weighted by atomic mass is 16.6. The number of nitrogens with one attached hydrogen (secondary N) is 2. The number of esters is 1. The Bertz CT molecular complexity index is 645. The maximum Gasteiger partial charge on any atom is 0.407 e. The van der Waals surface area contributed by atoms with Gasteiger partial charge in [0.25, 0.3) is 0 Å². The number of amides is 2. The Morgan fingerprint density at radius 3 is 2.50 bits per heavy atom. The number of ether oxygens (including phenoxy) is 3. The van der Waals surface area contributed by atoms with E-state index in [9.17, 15) is 14.4 Å². The predicted octanol–water partition coefficient (Wildman–Crippen LogP) is 3.14. The third kappa shape index (κ3) is 9.81. The molecule has 0 aliphatic heterocycles. The lowest BCUT2D eigenvalue weighted by molar-refractivity contribution is -0.152. The van der Waals surface area contributed by atoms with Gasteiger partial charge in [-0.3, -0.25) is 4.79 Å². The van der Waals surface area contributed by atoms with Gasteiger partial charge in [-0.1, -0.05) is 20.8 Å². The zero-order valence-corrected chi connectivity index (χ0v) is 18.7. The van der Waals surface area contributed by atoms with Crippen LogP contribution in [0.25, 0.3) is 0 Å². The largest absolute Gasteiger partial charge is 0.459 e. The summed E-state index contributed by atoms with van der Waals surface area (Å²) in [7, 11) is 1.46. The molecule has 170 valence electrons. The summed E-state index contributed by atoms with van der Waals surface area (Å²) in [6, 6.07) is 1.92. The van der Waals surface area contributed by atoms with Gasteiger partial charge in [0, 0.05) is 20.0 Å². The molecule has 1 aliphatic carbocycles. The first-order chi connectivity index (χ1) is 14.0. The summed E-state index contributed by atoms with van der Waals surface area (Å²) in [4.78, 5) is 35.3. The lowest BCUT2D eigenvalue weighted by atomic mass is 9.60. The molecule has 0 aromatic rings. The van der Waals surface area contributed by atoms with Crippen LogP contribution in [-0.4, -0.2) is 51.1 Å². The first kappa shape index (κ1) is 25.5. The Hall–Kier alpha value is -2.50. The highest BCUT2D eigenvalue weighted by Gasteiger charge is 2.42. The normalized spacial score (nSPS) is 23.4. The van der Waals surface area contributed by atoms with Crippen LogP contribution in [0.5, 0.6) is 0 Å². The fourth-order valence-corrected chi connectivity index (χ4v) is 4.46. The zero-order valence-electron chi connectivity index (χ0n) is 18.7. The minimum Gasteiger partial charge on any atom is -0.459 e. The van der Waals surface area contributed by atoms with Crippen molar-refractivity contribution in [3.63, 3.8) is 0 Å². The number of carbonyl (C=O) groups excluding carboxylic acids is 3. The summed E-state index contributed by atoms with van der Waals surface area (Å²) in [5.74, 6) is -0.202. The molecule has 0 spiro atoms. The second-order valence-corrected chi connectivity index (χ2v) is 9.18. The van der Waals surface area contributed by atoms with Crippen molar-refractivity contribution in [2.75, 3.05) is 26.8 Å². The van der Waals surface area contributed by atoms with E-state index in [2.05, 4.69) is 31.4 Å². The predicted molar refractivity (Wildman–Crippen MR) is 109 cm³/mol. The van der Waals surface area contributed by atoms with Crippen LogP contribution in [0.2, 0.25) is 0 Å². The van der Waals surface area contributed by atoms with Crippen LogP contribution < -0.4 is 10.6 Å². The Morgan fingerprint density at radius 2 is 1.87 bits per heavy atom. The van der Waals surface area contributed by atoms with Crippen molar-refractivity contribution in [3.8, 4) is 6.07 Å². The van der Waals surface area contributed by atoms with Crippen LogP contribution >= 0.6 is 0 Å². The Labute approximate surface area is 178 Å². The average molecular weight is 426 g/mol. The highest BCUT2D eigenvalue weighted by molar-refractivity contribution is 5.70. The molecule has 3 atom stereocenters. The van der Waals surface area contributed by atoms with Crippen LogP contribution in [-0.2, 0) is 19.0 Å². The van der Waals surface area contributed by atoms with Gasteiger partial charge in [-0.15, -0.1) is 0 Å². The van der Waals surface area contributed by atoms with Crippen molar-refractivity contribution < 1.29 is 28.6 Å². The average Bonchev–Trinajstić information content (AvgIpc) is 2.63. The van der Waals surface area contributed by atoms with E-state index in [0.717, 1.165) is 19.3 Å². The molecule has 0 heterocycles. The second kappa shape index (κ2) is 11.6. The van der Waals surface area contributed by atoms with Gasteiger partial charge < -0.3 is 24.8 Å². The van der Waals surface area contributed by atoms with E-state index in [1.165, 1.54) is 7.05 Å². The standard InChI is InChI=1S/C21H35N3O6/c1-15(12-29-18(26)23-5)30-17(25)9-16-10-20(2,3)13-21(4,11-16)14-24-19(27)28-8-6-7-22/h15-16H,6,8-14H2,1-5H3,(H,23,26)(H,24,27). The summed E-state index contributed by atoms with van der Waals surface area (Å²) in [5, 5.41) is 13.6. The van der Waals surface area contributed by atoms with Crippen molar-refractivity contribution >= 4 is 18.2 Å². The van der Waals surface area contributed by atoms with Gasteiger partial charge in [0.15, 0.2) is 0 Å². The molecule has 2 N–H and O–H groups in total. The van der Waals surface area contributed by atoms with Crippen LogP contribution in [0.1, 0.15) is 59.8 Å². The molecule has 0 radical (unpaired) electrons. The topological polar surface area (TPSA) is 127 Å². The van der Waals surface area contributed by atoms with E-state index in [4.69, 9.17) is 19.5 Å². The van der Waals surface area contributed by atoms with Crippen molar-refractivity contribution in [1.82, 2.24) is 10.6 Å². The molecule has 0 saturated heterocycles. The number of nitrogens with zero attached hydrogens (tertiary/aromatic N) is 1. The Kier molecular flexibility index (Phi) is 9.90. The van der Waals surface area contributed by atoms with Gasteiger partial charge >= 0.3 is 18.2 Å². The van der Waals surface area contributed by atoms with Gasteiger partial charge in [0.05, 0.1) is 12.5 Å². The van der Waals surface area contributed by atoms with Gasteiger partial charge in [-0.25, -0.2) is 9.59 Å². The molecule has 0 bridgehead atoms. The number of hydrogen-bond donors (Lipinski definition) is 2. The molecular weight excluding hydrogens is 390 g/mol. The van der Waals surface area contributed by atoms with Gasteiger partial charge in [-0.2, -0.15) is 5.26 Å². The van der Waals surface area contributed by atoms with E-state index in [1.54, 1.807) is 6.92 Å². The van der Waals surface area contributed by atoms with E-state index in [1.807, 2.05) is 6.07 Å². The Morgan fingerprint density at radius 1 is 1.17 bits per heavy atom. The maximum atomic E-state index is 12.4. The summed E-state index contributed by atoms with van der Waals surface area (Å²) in [6.07, 6.45) is 1.37. The van der Waals surface area contributed by atoms with Crippen molar-refractivity contribution in [1.29, 1.82) is 5.26 Å². The van der Waals surface area contributed by atoms with Crippen LogP contribution in [0.4, 0.5) is 9.59 Å². The number of alkyl carbamates (subject to hydrolysis) is 2.